The molecule has 0 saturated carbocycles. The second-order valence-corrected chi connectivity index (χ2v) is 8.69. The summed E-state index contributed by atoms with van der Waals surface area (Å²) in [4.78, 5) is 20.1. The van der Waals surface area contributed by atoms with Crippen LogP contribution < -0.4 is 5.32 Å². The maximum Gasteiger partial charge on any atom is 0.251 e. The summed E-state index contributed by atoms with van der Waals surface area (Å²) in [6.07, 6.45) is 2.82. The van der Waals surface area contributed by atoms with Crippen LogP contribution in [0.25, 0.3) is 10.9 Å². The number of hydrogen-bond acceptors (Lipinski definition) is 4. The number of para-hydroxylation sites is 1. The van der Waals surface area contributed by atoms with Crippen LogP contribution in [0.5, 0.6) is 0 Å². The molecule has 28 heavy (non-hydrogen) atoms. The lowest BCUT2D eigenvalue weighted by molar-refractivity contribution is 0.0954. The number of aryl methyl sites for hydroxylation is 1. The largest absolute Gasteiger partial charge is 0.361 e. The number of carbonyl (C=O) groups is 1. The molecular formula is C22H21N3OS2. The zero-order valence-electron chi connectivity index (χ0n) is 15.6. The molecule has 0 aliphatic carbocycles. The van der Waals surface area contributed by atoms with Crippen molar-refractivity contribution in [3.8, 4) is 0 Å². The Kier molecular flexibility index (Phi) is 5.78. The van der Waals surface area contributed by atoms with Gasteiger partial charge in [-0.15, -0.1) is 11.3 Å². The molecule has 0 unspecified atom stereocenters. The maximum absolute atomic E-state index is 12.4. The van der Waals surface area contributed by atoms with Crippen molar-refractivity contribution < 1.29 is 4.79 Å². The Morgan fingerprint density at radius 1 is 1.18 bits per heavy atom. The number of amides is 1. The van der Waals surface area contributed by atoms with Crippen LogP contribution in [-0.2, 0) is 12.2 Å². The predicted molar refractivity (Wildman–Crippen MR) is 117 cm³/mol. The Bertz CT molecular complexity index is 1080. The first kappa shape index (κ1) is 18.8. The Balaban J connectivity index is 1.28. The van der Waals surface area contributed by atoms with Crippen molar-refractivity contribution in [1.29, 1.82) is 0 Å². The lowest BCUT2D eigenvalue weighted by Crippen LogP contribution is -2.25. The second-order valence-electron chi connectivity index (χ2n) is 6.61. The molecule has 0 aliphatic rings. The van der Waals surface area contributed by atoms with Crippen LogP contribution in [0, 0.1) is 6.92 Å². The van der Waals surface area contributed by atoms with Gasteiger partial charge in [-0.3, -0.25) is 4.79 Å². The van der Waals surface area contributed by atoms with E-state index in [2.05, 4.69) is 32.8 Å². The van der Waals surface area contributed by atoms with Gasteiger partial charge in [0.1, 0.15) is 4.34 Å². The van der Waals surface area contributed by atoms with Crippen LogP contribution in [0.3, 0.4) is 0 Å². The molecule has 6 heteroatoms. The van der Waals surface area contributed by atoms with Crippen LogP contribution in [0.15, 0.2) is 64.4 Å². The SMILES string of the molecule is Cc1csc(SCc2ccc(C(=O)NCCc3c[nH]c4ccccc34)cc2)n1. The molecule has 2 aromatic heterocycles. The molecule has 2 N–H and O–H groups in total. The molecule has 2 heterocycles. The van der Waals surface area contributed by atoms with Gasteiger partial charge in [-0.2, -0.15) is 0 Å². The monoisotopic (exact) mass is 407 g/mol. The van der Waals surface area contributed by atoms with Gasteiger partial charge in [0.2, 0.25) is 0 Å². The minimum Gasteiger partial charge on any atom is -0.361 e. The lowest BCUT2D eigenvalue weighted by Gasteiger charge is -2.06. The van der Waals surface area contributed by atoms with Gasteiger partial charge in [0.25, 0.3) is 5.91 Å². The Labute approximate surface area is 172 Å². The quantitative estimate of drug-likeness (QED) is 0.414. The summed E-state index contributed by atoms with van der Waals surface area (Å²) in [5.74, 6) is 0.824. The van der Waals surface area contributed by atoms with E-state index in [0.29, 0.717) is 12.1 Å². The summed E-state index contributed by atoms with van der Waals surface area (Å²) in [5, 5.41) is 6.29. The van der Waals surface area contributed by atoms with Crippen LogP contribution in [-0.4, -0.2) is 22.4 Å². The Morgan fingerprint density at radius 2 is 2.00 bits per heavy atom. The molecule has 4 rings (SSSR count). The number of nitrogens with zero attached hydrogens (tertiary/aromatic N) is 1. The lowest BCUT2D eigenvalue weighted by atomic mass is 10.1. The number of aromatic amines is 1. The van der Waals surface area contributed by atoms with E-state index in [-0.39, 0.29) is 5.91 Å². The highest BCUT2D eigenvalue weighted by atomic mass is 32.2. The zero-order chi connectivity index (χ0) is 19.3. The van der Waals surface area contributed by atoms with Crippen molar-refractivity contribution in [2.45, 2.75) is 23.4 Å². The van der Waals surface area contributed by atoms with E-state index in [1.165, 1.54) is 16.5 Å². The molecule has 0 bridgehead atoms. The number of thiazole rings is 1. The van der Waals surface area contributed by atoms with Gasteiger partial charge in [-0.05, 0) is 42.7 Å². The molecular weight excluding hydrogens is 386 g/mol. The molecule has 0 atom stereocenters. The van der Waals surface area contributed by atoms with Gasteiger partial charge in [0, 0.05) is 46.0 Å². The summed E-state index contributed by atoms with van der Waals surface area (Å²) >= 11 is 3.40. The van der Waals surface area contributed by atoms with Crippen molar-refractivity contribution in [3.05, 3.63) is 82.5 Å². The normalized spacial score (nSPS) is 11.0. The number of benzene rings is 2. The first-order valence-electron chi connectivity index (χ1n) is 9.16. The number of aromatic nitrogens is 2. The fourth-order valence-corrected chi connectivity index (χ4v) is 4.85. The van der Waals surface area contributed by atoms with E-state index in [1.807, 2.05) is 49.5 Å². The van der Waals surface area contributed by atoms with E-state index < -0.39 is 0 Å². The minimum atomic E-state index is -0.0328. The molecule has 0 saturated heterocycles. The topological polar surface area (TPSA) is 57.8 Å². The highest BCUT2D eigenvalue weighted by molar-refractivity contribution is 8.00. The van der Waals surface area contributed by atoms with Gasteiger partial charge >= 0.3 is 0 Å². The number of nitrogens with one attached hydrogen (secondary N) is 2. The van der Waals surface area contributed by atoms with Gasteiger partial charge in [0.15, 0.2) is 0 Å². The van der Waals surface area contributed by atoms with Crippen LogP contribution in [0.2, 0.25) is 0 Å². The molecule has 4 aromatic rings. The van der Waals surface area contributed by atoms with Crippen LogP contribution in [0.1, 0.15) is 27.2 Å². The maximum atomic E-state index is 12.4. The molecule has 0 spiro atoms. The van der Waals surface area contributed by atoms with Gasteiger partial charge in [-0.25, -0.2) is 4.98 Å². The van der Waals surface area contributed by atoms with Crippen molar-refractivity contribution in [2.24, 2.45) is 0 Å². The number of rotatable bonds is 7. The molecule has 0 radical (unpaired) electrons. The van der Waals surface area contributed by atoms with E-state index in [0.717, 1.165) is 27.7 Å². The highest BCUT2D eigenvalue weighted by Gasteiger charge is 2.07. The molecule has 4 nitrogen and oxygen atoms in total. The van der Waals surface area contributed by atoms with Crippen molar-refractivity contribution >= 4 is 39.9 Å². The average molecular weight is 408 g/mol. The van der Waals surface area contributed by atoms with E-state index in [1.54, 1.807) is 23.1 Å². The van der Waals surface area contributed by atoms with E-state index >= 15 is 0 Å². The smallest absolute Gasteiger partial charge is 0.251 e. The fourth-order valence-electron chi connectivity index (χ4n) is 3.05. The average Bonchev–Trinajstić information content (AvgIpc) is 3.33. The second kappa shape index (κ2) is 8.63. The van der Waals surface area contributed by atoms with Gasteiger partial charge in [-0.1, -0.05) is 42.1 Å². The summed E-state index contributed by atoms with van der Waals surface area (Å²) in [5.41, 5.74) is 5.30. The third-order valence-electron chi connectivity index (χ3n) is 4.53. The summed E-state index contributed by atoms with van der Waals surface area (Å²) < 4.78 is 1.08. The minimum absolute atomic E-state index is 0.0328. The molecule has 142 valence electrons. The summed E-state index contributed by atoms with van der Waals surface area (Å²) in [6, 6.07) is 16.0. The number of carbonyl (C=O) groups excluding carboxylic acids is 1. The first-order chi connectivity index (χ1) is 13.7. The van der Waals surface area contributed by atoms with Crippen molar-refractivity contribution in [3.63, 3.8) is 0 Å². The summed E-state index contributed by atoms with van der Waals surface area (Å²) in [7, 11) is 0. The molecule has 0 fully saturated rings. The Hall–Kier alpha value is -2.57. The third-order valence-corrected chi connectivity index (χ3v) is 6.74. The molecule has 2 aromatic carbocycles. The fraction of sp³-hybridized carbons (Fsp3) is 0.182. The Morgan fingerprint density at radius 3 is 2.79 bits per heavy atom. The van der Waals surface area contributed by atoms with Crippen LogP contribution >= 0.6 is 23.1 Å². The van der Waals surface area contributed by atoms with Crippen molar-refractivity contribution in [2.75, 3.05) is 6.54 Å². The first-order valence-corrected chi connectivity index (χ1v) is 11.0. The molecule has 0 aliphatic heterocycles. The van der Waals surface area contributed by atoms with Gasteiger partial charge < -0.3 is 10.3 Å². The highest BCUT2D eigenvalue weighted by Crippen LogP contribution is 2.26. The van der Waals surface area contributed by atoms with Crippen LogP contribution in [0.4, 0.5) is 0 Å². The van der Waals surface area contributed by atoms with Crippen molar-refractivity contribution in [1.82, 2.24) is 15.3 Å². The van der Waals surface area contributed by atoms with E-state index in [9.17, 15) is 4.79 Å². The standard InChI is InChI=1S/C22H21N3OS2/c1-15-13-27-22(25-15)28-14-16-6-8-17(9-7-16)21(26)23-11-10-18-12-24-20-5-3-2-4-19(18)20/h2-9,12-13,24H,10-11,14H2,1H3,(H,23,26). The predicted octanol–water partition coefficient (Wildman–Crippen LogP) is 5.20. The van der Waals surface area contributed by atoms with E-state index in [4.69, 9.17) is 0 Å². The molecule has 1 amide bonds. The zero-order valence-corrected chi connectivity index (χ0v) is 17.2. The summed E-state index contributed by atoms with van der Waals surface area (Å²) in [6.45, 7) is 2.62. The van der Waals surface area contributed by atoms with Gasteiger partial charge in [0.05, 0.1) is 0 Å². The number of thioether (sulfide) groups is 1. The number of fused-ring (bicyclic) bond motifs is 1. The number of H-pyrrole nitrogens is 1. The third kappa shape index (κ3) is 4.46. The number of hydrogen-bond donors (Lipinski definition) is 2.